The molecule has 24 heavy (non-hydrogen) atoms. The molecule has 0 aliphatic heterocycles. The molecule has 0 saturated carbocycles. The zero-order chi connectivity index (χ0) is 17.1. The highest BCUT2D eigenvalue weighted by Crippen LogP contribution is 2.31. The lowest BCUT2D eigenvalue weighted by molar-refractivity contribution is 0.415. The van der Waals surface area contributed by atoms with Crippen LogP contribution in [0, 0.1) is 18.3 Å². The van der Waals surface area contributed by atoms with E-state index in [0.717, 1.165) is 27.9 Å². The van der Waals surface area contributed by atoms with Crippen LogP contribution < -0.4 is 14.8 Å². The molecular formula is C19H17N3O2. The van der Waals surface area contributed by atoms with Gasteiger partial charge in [0.15, 0.2) is 0 Å². The second-order valence-electron chi connectivity index (χ2n) is 5.38. The average Bonchev–Trinajstić information content (AvgIpc) is 2.60. The smallest absolute Gasteiger partial charge is 0.149 e. The quantitative estimate of drug-likeness (QED) is 0.781. The Morgan fingerprint density at radius 1 is 1.04 bits per heavy atom. The van der Waals surface area contributed by atoms with Gasteiger partial charge < -0.3 is 14.8 Å². The van der Waals surface area contributed by atoms with E-state index in [-0.39, 0.29) is 0 Å². The second-order valence-corrected chi connectivity index (χ2v) is 5.38. The zero-order valence-corrected chi connectivity index (χ0v) is 13.8. The van der Waals surface area contributed by atoms with E-state index in [1.54, 1.807) is 14.2 Å². The Bertz CT molecular complexity index is 945. The van der Waals surface area contributed by atoms with Gasteiger partial charge in [0.1, 0.15) is 23.4 Å². The van der Waals surface area contributed by atoms with E-state index >= 15 is 0 Å². The van der Waals surface area contributed by atoms with Crippen LogP contribution in [-0.4, -0.2) is 19.2 Å². The number of anilines is 2. The fourth-order valence-corrected chi connectivity index (χ4v) is 2.50. The van der Waals surface area contributed by atoms with Crippen LogP contribution in [-0.2, 0) is 0 Å². The Balaban J connectivity index is 2.11. The molecule has 0 fully saturated rings. The van der Waals surface area contributed by atoms with Gasteiger partial charge in [-0.15, -0.1) is 0 Å². The number of benzene rings is 2. The largest absolute Gasteiger partial charge is 0.497 e. The van der Waals surface area contributed by atoms with Crippen molar-refractivity contribution in [3.63, 3.8) is 0 Å². The van der Waals surface area contributed by atoms with E-state index in [4.69, 9.17) is 9.47 Å². The first kappa shape index (κ1) is 15.6. The summed E-state index contributed by atoms with van der Waals surface area (Å²) in [4.78, 5) is 4.59. The van der Waals surface area contributed by atoms with Crippen molar-refractivity contribution in [1.29, 1.82) is 5.26 Å². The maximum Gasteiger partial charge on any atom is 0.149 e. The normalized spacial score (nSPS) is 10.2. The SMILES string of the molecule is COc1ccc2cc(C#N)c(Nc3cc(C)ccc3OC)nc2c1. The van der Waals surface area contributed by atoms with Crippen molar-refractivity contribution >= 4 is 22.4 Å². The van der Waals surface area contributed by atoms with Crippen LogP contribution in [0.25, 0.3) is 10.9 Å². The van der Waals surface area contributed by atoms with Crippen molar-refractivity contribution in [3.8, 4) is 17.6 Å². The minimum Gasteiger partial charge on any atom is -0.497 e. The molecule has 2 aromatic carbocycles. The minimum absolute atomic E-state index is 0.469. The van der Waals surface area contributed by atoms with Gasteiger partial charge in [-0.05, 0) is 42.8 Å². The average molecular weight is 319 g/mol. The minimum atomic E-state index is 0.469. The Morgan fingerprint density at radius 3 is 2.58 bits per heavy atom. The van der Waals surface area contributed by atoms with Crippen LogP contribution in [0.2, 0.25) is 0 Å². The Kier molecular flexibility index (Phi) is 4.21. The molecule has 3 rings (SSSR count). The van der Waals surface area contributed by atoms with Gasteiger partial charge >= 0.3 is 0 Å². The van der Waals surface area contributed by atoms with Gasteiger partial charge in [0, 0.05) is 11.5 Å². The number of pyridine rings is 1. The molecule has 5 heteroatoms. The summed E-state index contributed by atoms with van der Waals surface area (Å²) in [6.07, 6.45) is 0. The van der Waals surface area contributed by atoms with Gasteiger partial charge in [0.2, 0.25) is 0 Å². The number of rotatable bonds is 4. The van der Waals surface area contributed by atoms with Gasteiger partial charge in [-0.3, -0.25) is 0 Å². The molecule has 0 aliphatic rings. The lowest BCUT2D eigenvalue weighted by atomic mass is 10.1. The molecule has 0 unspecified atom stereocenters. The summed E-state index contributed by atoms with van der Waals surface area (Å²) in [5, 5.41) is 13.5. The molecule has 0 spiro atoms. The lowest BCUT2D eigenvalue weighted by Gasteiger charge is -2.13. The van der Waals surface area contributed by atoms with Gasteiger partial charge in [-0.2, -0.15) is 5.26 Å². The van der Waals surface area contributed by atoms with E-state index in [0.29, 0.717) is 17.1 Å². The second kappa shape index (κ2) is 6.47. The maximum absolute atomic E-state index is 9.45. The molecule has 0 bridgehead atoms. The highest BCUT2D eigenvalue weighted by atomic mass is 16.5. The van der Waals surface area contributed by atoms with Gasteiger partial charge in [-0.1, -0.05) is 6.07 Å². The van der Waals surface area contributed by atoms with Crippen molar-refractivity contribution in [1.82, 2.24) is 4.98 Å². The summed E-state index contributed by atoms with van der Waals surface area (Å²) in [5.74, 6) is 1.90. The predicted octanol–water partition coefficient (Wildman–Crippen LogP) is 4.18. The first-order valence-corrected chi connectivity index (χ1v) is 7.45. The standard InChI is InChI=1S/C19H17N3O2/c1-12-4-7-18(24-3)17(8-12)22-19-14(11-20)9-13-5-6-15(23-2)10-16(13)21-19/h4-10H,1-3H3,(H,21,22). The molecule has 0 amide bonds. The molecule has 120 valence electrons. The van der Waals surface area contributed by atoms with Crippen molar-refractivity contribution < 1.29 is 9.47 Å². The number of methoxy groups -OCH3 is 2. The van der Waals surface area contributed by atoms with E-state index in [1.165, 1.54) is 0 Å². The number of hydrogen-bond donors (Lipinski definition) is 1. The number of hydrogen-bond acceptors (Lipinski definition) is 5. The van der Waals surface area contributed by atoms with Crippen molar-refractivity contribution in [2.75, 3.05) is 19.5 Å². The number of aryl methyl sites for hydroxylation is 1. The maximum atomic E-state index is 9.45. The summed E-state index contributed by atoms with van der Waals surface area (Å²) in [6, 6.07) is 15.4. The predicted molar refractivity (Wildman–Crippen MR) is 94.0 cm³/mol. The first-order chi connectivity index (χ1) is 11.6. The van der Waals surface area contributed by atoms with Crippen LogP contribution in [0.15, 0.2) is 42.5 Å². The highest BCUT2D eigenvalue weighted by molar-refractivity contribution is 5.85. The summed E-state index contributed by atoms with van der Waals surface area (Å²) in [7, 11) is 3.22. The first-order valence-electron chi connectivity index (χ1n) is 7.45. The molecule has 0 radical (unpaired) electrons. The summed E-state index contributed by atoms with van der Waals surface area (Å²) >= 11 is 0. The monoisotopic (exact) mass is 319 g/mol. The van der Waals surface area contributed by atoms with Gasteiger partial charge in [0.05, 0.1) is 31.0 Å². The third kappa shape index (κ3) is 2.95. The number of nitrogens with one attached hydrogen (secondary N) is 1. The van der Waals surface area contributed by atoms with Crippen molar-refractivity contribution in [2.24, 2.45) is 0 Å². The Labute approximate surface area is 140 Å². The Hall–Kier alpha value is -3.26. The zero-order valence-electron chi connectivity index (χ0n) is 13.8. The number of nitrogens with zero attached hydrogens (tertiary/aromatic N) is 2. The summed E-state index contributed by atoms with van der Waals surface area (Å²) in [6.45, 7) is 1.99. The molecule has 1 heterocycles. The van der Waals surface area contributed by atoms with E-state index in [9.17, 15) is 5.26 Å². The highest BCUT2D eigenvalue weighted by Gasteiger charge is 2.11. The molecule has 1 aromatic heterocycles. The molecule has 0 aliphatic carbocycles. The van der Waals surface area contributed by atoms with Crippen LogP contribution in [0.1, 0.15) is 11.1 Å². The number of aromatic nitrogens is 1. The summed E-state index contributed by atoms with van der Waals surface area (Å²) < 4.78 is 10.6. The van der Waals surface area contributed by atoms with E-state index < -0.39 is 0 Å². The number of ether oxygens (including phenoxy) is 2. The van der Waals surface area contributed by atoms with Crippen molar-refractivity contribution in [3.05, 3.63) is 53.6 Å². The molecular weight excluding hydrogens is 302 g/mol. The van der Waals surface area contributed by atoms with E-state index in [1.807, 2.05) is 49.4 Å². The topological polar surface area (TPSA) is 67.2 Å². The fourth-order valence-electron chi connectivity index (χ4n) is 2.50. The molecule has 5 nitrogen and oxygen atoms in total. The Morgan fingerprint density at radius 2 is 1.88 bits per heavy atom. The summed E-state index contributed by atoms with van der Waals surface area (Å²) in [5.41, 5.74) is 3.07. The van der Waals surface area contributed by atoms with Gasteiger partial charge in [0.25, 0.3) is 0 Å². The lowest BCUT2D eigenvalue weighted by Crippen LogP contribution is -2.00. The van der Waals surface area contributed by atoms with E-state index in [2.05, 4.69) is 16.4 Å². The van der Waals surface area contributed by atoms with Crippen molar-refractivity contribution in [2.45, 2.75) is 6.92 Å². The molecule has 1 N–H and O–H groups in total. The molecule has 3 aromatic rings. The van der Waals surface area contributed by atoms with Crippen LogP contribution in [0.4, 0.5) is 11.5 Å². The number of fused-ring (bicyclic) bond motifs is 1. The van der Waals surface area contributed by atoms with Crippen LogP contribution in [0.5, 0.6) is 11.5 Å². The molecule has 0 saturated heterocycles. The molecule has 0 atom stereocenters. The van der Waals surface area contributed by atoms with Crippen LogP contribution in [0.3, 0.4) is 0 Å². The van der Waals surface area contributed by atoms with Crippen LogP contribution >= 0.6 is 0 Å². The third-order valence-corrected chi connectivity index (χ3v) is 3.75. The third-order valence-electron chi connectivity index (χ3n) is 3.75. The van der Waals surface area contributed by atoms with Gasteiger partial charge in [-0.25, -0.2) is 4.98 Å². The fraction of sp³-hybridized carbons (Fsp3) is 0.158. The number of nitriles is 1.